The molecule has 2 aromatic rings. The van der Waals surface area contributed by atoms with Gasteiger partial charge in [0.15, 0.2) is 0 Å². The van der Waals surface area contributed by atoms with Crippen molar-refractivity contribution in [2.24, 2.45) is 5.73 Å². The SMILES string of the molecule is CC(N)(C(=O)NCCCOCCc1ccccc1)c1ccccc1.Cl. The summed E-state index contributed by atoms with van der Waals surface area (Å²) < 4.78 is 5.61. The fourth-order valence-corrected chi connectivity index (χ4v) is 2.41. The molecule has 2 rings (SSSR count). The molecule has 0 heterocycles. The molecule has 0 spiro atoms. The maximum atomic E-state index is 12.3. The van der Waals surface area contributed by atoms with Crippen LogP contribution in [-0.2, 0) is 21.5 Å². The van der Waals surface area contributed by atoms with Crippen LogP contribution >= 0.6 is 12.4 Å². The van der Waals surface area contributed by atoms with Crippen molar-refractivity contribution in [3.63, 3.8) is 0 Å². The Hall–Kier alpha value is -1.88. The van der Waals surface area contributed by atoms with Gasteiger partial charge in [0.05, 0.1) is 6.61 Å². The molecule has 0 fully saturated rings. The van der Waals surface area contributed by atoms with E-state index in [9.17, 15) is 4.79 Å². The average molecular weight is 363 g/mol. The highest BCUT2D eigenvalue weighted by atomic mass is 35.5. The molecule has 0 saturated carbocycles. The van der Waals surface area contributed by atoms with E-state index in [1.807, 2.05) is 48.5 Å². The minimum Gasteiger partial charge on any atom is -0.381 e. The molecule has 1 atom stereocenters. The Kier molecular flexibility index (Phi) is 9.21. The minimum atomic E-state index is -1.02. The predicted molar refractivity (Wildman–Crippen MR) is 104 cm³/mol. The second-order valence-corrected chi connectivity index (χ2v) is 6.03. The molecule has 0 aliphatic heterocycles. The molecular weight excluding hydrogens is 336 g/mol. The van der Waals surface area contributed by atoms with E-state index in [-0.39, 0.29) is 18.3 Å². The first-order valence-corrected chi connectivity index (χ1v) is 8.35. The topological polar surface area (TPSA) is 64.4 Å². The zero-order valence-corrected chi connectivity index (χ0v) is 15.4. The van der Waals surface area contributed by atoms with Crippen LogP contribution < -0.4 is 11.1 Å². The number of benzene rings is 2. The van der Waals surface area contributed by atoms with Crippen LogP contribution in [0, 0.1) is 0 Å². The maximum absolute atomic E-state index is 12.3. The Morgan fingerprint density at radius 3 is 2.28 bits per heavy atom. The van der Waals surface area contributed by atoms with Gasteiger partial charge < -0.3 is 15.8 Å². The smallest absolute Gasteiger partial charge is 0.244 e. The van der Waals surface area contributed by atoms with Crippen molar-refractivity contribution < 1.29 is 9.53 Å². The van der Waals surface area contributed by atoms with Gasteiger partial charge in [-0.2, -0.15) is 0 Å². The molecule has 0 saturated heterocycles. The van der Waals surface area contributed by atoms with Crippen molar-refractivity contribution in [2.75, 3.05) is 19.8 Å². The van der Waals surface area contributed by atoms with Crippen molar-refractivity contribution in [2.45, 2.75) is 25.3 Å². The van der Waals surface area contributed by atoms with Crippen LogP contribution in [0.4, 0.5) is 0 Å². The van der Waals surface area contributed by atoms with E-state index in [0.717, 1.165) is 18.4 Å². The lowest BCUT2D eigenvalue weighted by molar-refractivity contribution is -0.126. The molecule has 1 amide bonds. The highest BCUT2D eigenvalue weighted by molar-refractivity contribution is 5.86. The number of rotatable bonds is 9. The van der Waals surface area contributed by atoms with E-state index in [1.165, 1.54) is 5.56 Å². The van der Waals surface area contributed by atoms with Gasteiger partial charge in [0.2, 0.25) is 5.91 Å². The van der Waals surface area contributed by atoms with E-state index in [4.69, 9.17) is 10.5 Å². The van der Waals surface area contributed by atoms with Crippen LogP contribution in [0.25, 0.3) is 0 Å². The number of hydrogen-bond donors (Lipinski definition) is 2. The zero-order valence-electron chi connectivity index (χ0n) is 14.6. The lowest BCUT2D eigenvalue weighted by Gasteiger charge is -2.24. The average Bonchev–Trinajstić information content (AvgIpc) is 2.62. The number of nitrogens with one attached hydrogen (secondary N) is 1. The summed E-state index contributed by atoms with van der Waals surface area (Å²) in [7, 11) is 0. The number of nitrogens with two attached hydrogens (primary N) is 1. The summed E-state index contributed by atoms with van der Waals surface area (Å²) in [6.07, 6.45) is 1.67. The standard InChI is InChI=1S/C20H26N2O2.ClH/c1-20(21,18-11-6-3-7-12-18)19(23)22-14-8-15-24-16-13-17-9-4-2-5-10-17;/h2-7,9-12H,8,13-16,21H2,1H3,(H,22,23);1H. The van der Waals surface area contributed by atoms with E-state index in [2.05, 4.69) is 17.4 Å². The molecule has 0 aromatic heterocycles. The van der Waals surface area contributed by atoms with Gasteiger partial charge in [-0.25, -0.2) is 0 Å². The quantitative estimate of drug-likeness (QED) is 0.674. The van der Waals surface area contributed by atoms with Gasteiger partial charge in [0.25, 0.3) is 0 Å². The molecule has 3 N–H and O–H groups in total. The summed E-state index contributed by atoms with van der Waals surface area (Å²) in [5, 5.41) is 2.89. The largest absolute Gasteiger partial charge is 0.381 e. The summed E-state index contributed by atoms with van der Waals surface area (Å²) in [6, 6.07) is 19.7. The van der Waals surface area contributed by atoms with E-state index in [1.54, 1.807) is 6.92 Å². The minimum absolute atomic E-state index is 0. The summed E-state index contributed by atoms with van der Waals surface area (Å²) in [5.41, 5.74) is 7.22. The number of amides is 1. The first kappa shape index (κ1) is 21.2. The third kappa shape index (κ3) is 6.86. The van der Waals surface area contributed by atoms with Crippen molar-refractivity contribution in [1.29, 1.82) is 0 Å². The second kappa shape index (κ2) is 10.9. The molecule has 0 radical (unpaired) electrons. The van der Waals surface area contributed by atoms with Crippen LogP contribution in [-0.4, -0.2) is 25.7 Å². The van der Waals surface area contributed by atoms with E-state index in [0.29, 0.717) is 19.8 Å². The molecule has 0 aliphatic carbocycles. The third-order valence-electron chi connectivity index (χ3n) is 3.97. The molecule has 4 nitrogen and oxygen atoms in total. The van der Waals surface area contributed by atoms with Crippen molar-refractivity contribution >= 4 is 18.3 Å². The Bertz CT molecular complexity index is 618. The van der Waals surface area contributed by atoms with Gasteiger partial charge in [-0.15, -0.1) is 12.4 Å². The molecule has 136 valence electrons. The lowest BCUT2D eigenvalue weighted by Crippen LogP contribution is -2.49. The van der Waals surface area contributed by atoms with Gasteiger partial charge in [-0.05, 0) is 30.9 Å². The van der Waals surface area contributed by atoms with Crippen LogP contribution in [0.2, 0.25) is 0 Å². The summed E-state index contributed by atoms with van der Waals surface area (Å²) >= 11 is 0. The summed E-state index contributed by atoms with van der Waals surface area (Å²) in [6.45, 7) is 3.61. The van der Waals surface area contributed by atoms with Crippen molar-refractivity contribution in [3.05, 3.63) is 71.8 Å². The number of halogens is 1. The first-order chi connectivity index (χ1) is 11.6. The Morgan fingerprint density at radius 1 is 1.04 bits per heavy atom. The Morgan fingerprint density at radius 2 is 1.64 bits per heavy atom. The van der Waals surface area contributed by atoms with Crippen LogP contribution in [0.3, 0.4) is 0 Å². The molecule has 25 heavy (non-hydrogen) atoms. The number of carbonyl (C=O) groups is 1. The van der Waals surface area contributed by atoms with Crippen molar-refractivity contribution in [3.8, 4) is 0 Å². The fraction of sp³-hybridized carbons (Fsp3) is 0.350. The number of carbonyl (C=O) groups excluding carboxylic acids is 1. The fourth-order valence-electron chi connectivity index (χ4n) is 2.41. The summed E-state index contributed by atoms with van der Waals surface area (Å²) in [4.78, 5) is 12.3. The van der Waals surface area contributed by atoms with E-state index >= 15 is 0 Å². The molecule has 1 unspecified atom stereocenters. The highest BCUT2D eigenvalue weighted by Gasteiger charge is 2.29. The lowest BCUT2D eigenvalue weighted by atomic mass is 9.92. The predicted octanol–water partition coefficient (Wildman–Crippen LogP) is 3.05. The van der Waals surface area contributed by atoms with E-state index < -0.39 is 5.54 Å². The Labute approximate surface area is 156 Å². The third-order valence-corrected chi connectivity index (χ3v) is 3.97. The zero-order chi connectivity index (χ0) is 17.3. The van der Waals surface area contributed by atoms with Gasteiger partial charge >= 0.3 is 0 Å². The summed E-state index contributed by atoms with van der Waals surface area (Å²) in [5.74, 6) is -0.169. The van der Waals surface area contributed by atoms with Gasteiger partial charge in [-0.1, -0.05) is 60.7 Å². The molecule has 5 heteroatoms. The number of hydrogen-bond acceptors (Lipinski definition) is 3. The van der Waals surface area contributed by atoms with Gasteiger partial charge in [0, 0.05) is 13.2 Å². The second-order valence-electron chi connectivity index (χ2n) is 6.03. The van der Waals surface area contributed by atoms with Gasteiger partial charge in [-0.3, -0.25) is 4.79 Å². The normalized spacial score (nSPS) is 12.7. The highest BCUT2D eigenvalue weighted by Crippen LogP contribution is 2.17. The van der Waals surface area contributed by atoms with Crippen molar-refractivity contribution in [1.82, 2.24) is 5.32 Å². The number of ether oxygens (including phenoxy) is 1. The van der Waals surface area contributed by atoms with Crippen LogP contribution in [0.15, 0.2) is 60.7 Å². The van der Waals surface area contributed by atoms with Crippen LogP contribution in [0.1, 0.15) is 24.5 Å². The monoisotopic (exact) mass is 362 g/mol. The first-order valence-electron chi connectivity index (χ1n) is 8.35. The van der Waals surface area contributed by atoms with Crippen LogP contribution in [0.5, 0.6) is 0 Å². The molecule has 2 aromatic carbocycles. The molecule has 0 bridgehead atoms. The molecular formula is C20H27ClN2O2. The maximum Gasteiger partial charge on any atom is 0.244 e. The van der Waals surface area contributed by atoms with Gasteiger partial charge in [0.1, 0.15) is 5.54 Å². The Balaban J connectivity index is 0.00000312. The molecule has 0 aliphatic rings.